The summed E-state index contributed by atoms with van der Waals surface area (Å²) >= 11 is 1.19. The molecule has 0 bridgehead atoms. The average Bonchev–Trinajstić information content (AvgIpc) is 3.23. The van der Waals surface area contributed by atoms with Crippen molar-refractivity contribution in [3.8, 4) is 11.5 Å². The van der Waals surface area contributed by atoms with Crippen molar-refractivity contribution >= 4 is 29.3 Å². The number of rotatable bonds is 9. The van der Waals surface area contributed by atoms with E-state index in [9.17, 15) is 14.7 Å². The minimum atomic E-state index is -0.261. The van der Waals surface area contributed by atoms with Crippen molar-refractivity contribution < 1.29 is 24.2 Å². The lowest BCUT2D eigenvalue weighted by molar-refractivity contribution is -0.122. The van der Waals surface area contributed by atoms with E-state index in [2.05, 4.69) is 15.6 Å². The first-order valence-corrected chi connectivity index (χ1v) is 11.4. The number of fused-ring (bicyclic) bond motifs is 1. The summed E-state index contributed by atoms with van der Waals surface area (Å²) in [4.78, 5) is 29.2. The predicted octanol–water partition coefficient (Wildman–Crippen LogP) is 2.19. The number of aromatic nitrogens is 2. The highest BCUT2D eigenvalue weighted by atomic mass is 32.2. The van der Waals surface area contributed by atoms with Gasteiger partial charge in [-0.25, -0.2) is 4.98 Å². The first-order valence-electron chi connectivity index (χ1n) is 10.4. The number of nitrogens with zero attached hydrogens (tertiary/aromatic N) is 2. The molecule has 2 heterocycles. The Kier molecular flexibility index (Phi) is 7.48. The number of carbonyl (C=O) groups excluding carboxylic acids is 2. The maximum atomic E-state index is 12.5. The van der Waals surface area contributed by atoms with E-state index in [1.807, 2.05) is 30.3 Å². The number of carbonyl (C=O) groups is 2. The van der Waals surface area contributed by atoms with Crippen molar-refractivity contribution in [3.63, 3.8) is 0 Å². The zero-order valence-electron chi connectivity index (χ0n) is 17.8. The van der Waals surface area contributed by atoms with Crippen molar-refractivity contribution in [3.05, 3.63) is 66.0 Å². The molecule has 33 heavy (non-hydrogen) atoms. The molecule has 0 saturated heterocycles. The third-order valence-corrected chi connectivity index (χ3v) is 5.85. The van der Waals surface area contributed by atoms with Gasteiger partial charge in [0.1, 0.15) is 19.8 Å². The highest BCUT2D eigenvalue weighted by Gasteiger charge is 2.16. The number of ether oxygens (including phenoxy) is 2. The van der Waals surface area contributed by atoms with E-state index in [1.54, 1.807) is 22.8 Å². The third-order valence-electron chi connectivity index (χ3n) is 4.86. The van der Waals surface area contributed by atoms with Crippen LogP contribution in [0.15, 0.2) is 59.9 Å². The molecule has 9 nitrogen and oxygen atoms in total. The van der Waals surface area contributed by atoms with Crippen LogP contribution in [0.2, 0.25) is 0 Å². The Morgan fingerprint density at radius 2 is 1.85 bits per heavy atom. The highest BCUT2D eigenvalue weighted by Crippen LogP contribution is 2.32. The van der Waals surface area contributed by atoms with Crippen LogP contribution in [0.25, 0.3) is 0 Å². The SMILES string of the molecule is O=C(Cn1c(CO)cnc1SCC(=O)Nc1ccc2c(c1)OCCO2)NCc1ccccc1. The number of imidazole rings is 1. The molecule has 0 atom stereocenters. The summed E-state index contributed by atoms with van der Waals surface area (Å²) in [5.41, 5.74) is 2.09. The quantitative estimate of drug-likeness (QED) is 0.413. The molecule has 4 rings (SSSR count). The van der Waals surface area contributed by atoms with Crippen molar-refractivity contribution in [1.82, 2.24) is 14.9 Å². The summed E-state index contributed by atoms with van der Waals surface area (Å²) in [6.07, 6.45) is 1.51. The van der Waals surface area contributed by atoms with Crippen LogP contribution in [0, 0.1) is 0 Å². The normalized spacial score (nSPS) is 12.3. The number of anilines is 1. The molecular formula is C23H24N4O5S. The molecule has 3 aromatic rings. The van der Waals surface area contributed by atoms with Crippen molar-refractivity contribution in [2.24, 2.45) is 0 Å². The van der Waals surface area contributed by atoms with Gasteiger partial charge >= 0.3 is 0 Å². The van der Waals surface area contributed by atoms with Crippen LogP contribution < -0.4 is 20.1 Å². The lowest BCUT2D eigenvalue weighted by Crippen LogP contribution is -2.28. The van der Waals surface area contributed by atoms with Crippen LogP contribution in [0.3, 0.4) is 0 Å². The monoisotopic (exact) mass is 468 g/mol. The molecule has 172 valence electrons. The fourth-order valence-electron chi connectivity index (χ4n) is 3.25. The molecule has 0 unspecified atom stereocenters. The summed E-state index contributed by atoms with van der Waals surface area (Å²) in [7, 11) is 0. The Balaban J connectivity index is 1.33. The fourth-order valence-corrected chi connectivity index (χ4v) is 4.04. The van der Waals surface area contributed by atoms with Gasteiger partial charge in [0.2, 0.25) is 11.8 Å². The van der Waals surface area contributed by atoms with E-state index in [0.29, 0.717) is 47.8 Å². The Labute approximate surface area is 195 Å². The molecule has 0 fully saturated rings. The van der Waals surface area contributed by atoms with Gasteiger partial charge in [0, 0.05) is 18.3 Å². The smallest absolute Gasteiger partial charge is 0.240 e. The van der Waals surface area contributed by atoms with Gasteiger partial charge in [-0.2, -0.15) is 0 Å². The molecule has 2 amide bonds. The summed E-state index contributed by atoms with van der Waals surface area (Å²) in [6.45, 7) is 1.11. The van der Waals surface area contributed by atoms with E-state index in [-0.39, 0.29) is 30.7 Å². The van der Waals surface area contributed by atoms with Crippen LogP contribution in [-0.4, -0.2) is 45.4 Å². The van der Waals surface area contributed by atoms with Crippen molar-refractivity contribution in [2.45, 2.75) is 24.9 Å². The number of hydrogen-bond acceptors (Lipinski definition) is 7. The fraction of sp³-hybridized carbons (Fsp3) is 0.261. The minimum Gasteiger partial charge on any atom is -0.486 e. The lowest BCUT2D eigenvalue weighted by Gasteiger charge is -2.19. The second-order valence-corrected chi connectivity index (χ2v) is 8.18. The lowest BCUT2D eigenvalue weighted by atomic mass is 10.2. The van der Waals surface area contributed by atoms with Gasteiger partial charge in [0.05, 0.1) is 24.3 Å². The van der Waals surface area contributed by atoms with Crippen molar-refractivity contribution in [2.75, 3.05) is 24.3 Å². The van der Waals surface area contributed by atoms with Gasteiger partial charge in [0.15, 0.2) is 16.7 Å². The van der Waals surface area contributed by atoms with Crippen LogP contribution in [0.4, 0.5) is 5.69 Å². The standard InChI is InChI=1S/C23H24N4O5S/c28-14-18-12-25-23(27(18)13-21(29)24-11-16-4-2-1-3-5-16)33-15-22(30)26-17-6-7-19-20(10-17)32-9-8-31-19/h1-7,10,12,28H,8-9,11,13-15H2,(H,24,29)(H,26,30). The molecular weight excluding hydrogens is 444 g/mol. The maximum Gasteiger partial charge on any atom is 0.240 e. The number of hydrogen-bond donors (Lipinski definition) is 3. The highest BCUT2D eigenvalue weighted by molar-refractivity contribution is 7.99. The first kappa shape index (κ1) is 22.7. The van der Waals surface area contributed by atoms with E-state index >= 15 is 0 Å². The second-order valence-electron chi connectivity index (χ2n) is 7.23. The van der Waals surface area contributed by atoms with Gasteiger partial charge in [-0.3, -0.25) is 9.59 Å². The first-order chi connectivity index (χ1) is 16.1. The van der Waals surface area contributed by atoms with Crippen LogP contribution in [0.1, 0.15) is 11.3 Å². The van der Waals surface area contributed by atoms with E-state index < -0.39 is 0 Å². The van der Waals surface area contributed by atoms with Gasteiger partial charge < -0.3 is 29.8 Å². The number of nitrogens with one attached hydrogen (secondary N) is 2. The zero-order valence-corrected chi connectivity index (χ0v) is 18.6. The third kappa shape index (κ3) is 6.05. The largest absolute Gasteiger partial charge is 0.486 e. The minimum absolute atomic E-state index is 0.00512. The molecule has 1 aliphatic rings. The summed E-state index contributed by atoms with van der Waals surface area (Å²) in [5.74, 6) is 0.885. The molecule has 0 spiro atoms. The van der Waals surface area contributed by atoms with Crippen LogP contribution >= 0.6 is 11.8 Å². The number of benzene rings is 2. The Hall–Kier alpha value is -3.50. The van der Waals surface area contributed by atoms with E-state index in [1.165, 1.54) is 18.0 Å². The predicted molar refractivity (Wildman–Crippen MR) is 123 cm³/mol. The zero-order chi connectivity index (χ0) is 23.0. The molecule has 2 aromatic carbocycles. The molecule has 10 heteroatoms. The molecule has 0 aliphatic carbocycles. The van der Waals surface area contributed by atoms with E-state index in [4.69, 9.17) is 9.47 Å². The number of thioether (sulfide) groups is 1. The van der Waals surface area contributed by atoms with Crippen molar-refractivity contribution in [1.29, 1.82) is 0 Å². The molecule has 1 aromatic heterocycles. The topological polar surface area (TPSA) is 115 Å². The van der Waals surface area contributed by atoms with Crippen LogP contribution in [-0.2, 0) is 29.3 Å². The Morgan fingerprint density at radius 1 is 1.06 bits per heavy atom. The van der Waals surface area contributed by atoms with Crippen LogP contribution in [0.5, 0.6) is 11.5 Å². The molecule has 1 aliphatic heterocycles. The summed E-state index contributed by atoms with van der Waals surface area (Å²) < 4.78 is 12.6. The van der Waals surface area contributed by atoms with Gasteiger partial charge in [-0.15, -0.1) is 0 Å². The number of amides is 2. The second kappa shape index (κ2) is 10.9. The molecule has 0 radical (unpaired) electrons. The molecule has 0 saturated carbocycles. The van der Waals surface area contributed by atoms with Gasteiger partial charge in [-0.05, 0) is 17.7 Å². The number of aliphatic hydroxyl groups is 1. The summed E-state index contributed by atoms with van der Waals surface area (Å²) in [6, 6.07) is 14.8. The van der Waals surface area contributed by atoms with Gasteiger partial charge in [0.25, 0.3) is 0 Å². The summed E-state index contributed by atoms with van der Waals surface area (Å²) in [5, 5.41) is 15.8. The van der Waals surface area contributed by atoms with E-state index in [0.717, 1.165) is 5.56 Å². The molecule has 3 N–H and O–H groups in total. The number of aliphatic hydroxyl groups excluding tert-OH is 1. The van der Waals surface area contributed by atoms with Gasteiger partial charge in [-0.1, -0.05) is 42.1 Å². The Bertz CT molecular complexity index is 1120. The maximum absolute atomic E-state index is 12.5. The Morgan fingerprint density at radius 3 is 2.64 bits per heavy atom. The average molecular weight is 469 g/mol.